The normalized spacial score (nSPS) is 14.8. The van der Waals surface area contributed by atoms with Crippen LogP contribution in [0.5, 0.6) is 0 Å². The van der Waals surface area contributed by atoms with Crippen molar-refractivity contribution in [1.82, 2.24) is 10.6 Å². The number of rotatable bonds is 12. The van der Waals surface area contributed by atoms with Crippen molar-refractivity contribution in [3.05, 3.63) is 0 Å². The van der Waals surface area contributed by atoms with E-state index in [9.17, 15) is 28.0 Å². The molecule has 0 radical (unpaired) electrons. The molecule has 0 bridgehead atoms. The first-order chi connectivity index (χ1) is 11.9. The molecule has 0 aliphatic heterocycles. The van der Waals surface area contributed by atoms with Gasteiger partial charge in [0.05, 0.1) is 0 Å². The molecule has 2 amide bonds. The number of halogens is 4. The van der Waals surface area contributed by atoms with Gasteiger partial charge in [0.25, 0.3) is 0 Å². The summed E-state index contributed by atoms with van der Waals surface area (Å²) in [6.45, 7) is -0.771. The molecule has 0 fully saturated rings. The van der Waals surface area contributed by atoms with Crippen molar-refractivity contribution in [3.8, 4) is 0 Å². The van der Waals surface area contributed by atoms with Gasteiger partial charge in [-0.1, -0.05) is 27.7 Å². The largest absolute Gasteiger partial charge is 0.480 e. The van der Waals surface area contributed by atoms with Crippen molar-refractivity contribution in [3.63, 3.8) is 0 Å². The molecule has 26 heavy (non-hydrogen) atoms. The maximum absolute atomic E-state index is 13.5. The van der Waals surface area contributed by atoms with Crippen LogP contribution in [0.2, 0.25) is 0 Å². The molecule has 3 atom stereocenters. The van der Waals surface area contributed by atoms with Crippen molar-refractivity contribution in [2.24, 2.45) is 5.73 Å². The number of carboxylic acids is 2. The molecular formula is C12H17BrClF2N3O6S. The molecule has 0 aromatic rings. The fraction of sp³-hybridized carbons (Fsp3) is 0.667. The molecule has 14 heteroatoms. The number of alkyl halides is 4. The van der Waals surface area contributed by atoms with Crippen molar-refractivity contribution < 1.29 is 38.2 Å². The van der Waals surface area contributed by atoms with Gasteiger partial charge in [-0.2, -0.15) is 8.78 Å². The number of carbonyl (C=O) groups is 4. The smallest absolute Gasteiger partial charge is 0.322 e. The fourth-order valence-electron chi connectivity index (χ4n) is 1.40. The summed E-state index contributed by atoms with van der Waals surface area (Å²) in [5.41, 5.74) is 5.24. The number of nitrogens with one attached hydrogen (secondary N) is 2. The Balaban J connectivity index is 4.85. The summed E-state index contributed by atoms with van der Waals surface area (Å²) in [6, 6.07) is -2.79. The molecule has 0 aromatic carbocycles. The summed E-state index contributed by atoms with van der Waals surface area (Å²) in [6.07, 6.45) is -0.604. The third-order valence-electron chi connectivity index (χ3n) is 2.76. The quantitative estimate of drug-likeness (QED) is 0.245. The number of nitrogens with two attached hydrogens (primary N) is 1. The molecule has 0 aromatic heterocycles. The summed E-state index contributed by atoms with van der Waals surface area (Å²) in [4.78, 5) is 44.8. The number of aliphatic carboxylic acids is 2. The minimum Gasteiger partial charge on any atom is -0.480 e. The van der Waals surface area contributed by atoms with E-state index in [1.807, 2.05) is 5.32 Å². The molecule has 0 heterocycles. The number of hydrogen-bond acceptors (Lipinski definition) is 6. The zero-order chi connectivity index (χ0) is 20.5. The first-order valence-electron chi connectivity index (χ1n) is 6.94. The number of carboxylic acid groups (broad SMARTS) is 2. The van der Waals surface area contributed by atoms with Crippen molar-refractivity contribution in [2.75, 3.05) is 12.3 Å². The van der Waals surface area contributed by atoms with E-state index in [1.54, 1.807) is 0 Å². The Morgan fingerprint density at radius 2 is 1.85 bits per heavy atom. The van der Waals surface area contributed by atoms with E-state index in [0.29, 0.717) is 0 Å². The molecule has 1 unspecified atom stereocenters. The Kier molecular flexibility index (Phi) is 11.0. The van der Waals surface area contributed by atoms with Gasteiger partial charge in [-0.25, -0.2) is 0 Å². The lowest BCUT2D eigenvalue weighted by Gasteiger charge is -2.22. The Bertz CT molecular complexity index is 543. The highest BCUT2D eigenvalue weighted by atomic mass is 79.9. The molecule has 0 saturated heterocycles. The van der Waals surface area contributed by atoms with Gasteiger partial charge in [0.15, 0.2) is 4.29 Å². The molecule has 0 saturated carbocycles. The first-order valence-corrected chi connectivity index (χ1v) is 9.27. The van der Waals surface area contributed by atoms with Gasteiger partial charge in [-0.15, -0.1) is 11.6 Å². The fourth-order valence-corrected chi connectivity index (χ4v) is 2.74. The number of thioether (sulfide) groups is 1. The lowest BCUT2D eigenvalue weighted by atomic mass is 10.1. The average Bonchev–Trinajstić information content (AvgIpc) is 2.53. The second-order valence-electron chi connectivity index (χ2n) is 4.89. The second-order valence-corrected chi connectivity index (χ2v) is 7.93. The second kappa shape index (κ2) is 11.5. The van der Waals surface area contributed by atoms with E-state index in [1.165, 1.54) is 0 Å². The monoisotopic (exact) mass is 483 g/mol. The van der Waals surface area contributed by atoms with Gasteiger partial charge in [0, 0.05) is 12.2 Å². The van der Waals surface area contributed by atoms with Gasteiger partial charge >= 0.3 is 17.2 Å². The van der Waals surface area contributed by atoms with Gasteiger partial charge in [0.1, 0.15) is 18.6 Å². The molecule has 6 N–H and O–H groups in total. The van der Waals surface area contributed by atoms with Crippen LogP contribution >= 0.6 is 39.3 Å². The van der Waals surface area contributed by atoms with Crippen LogP contribution in [0.25, 0.3) is 0 Å². The zero-order valence-electron chi connectivity index (χ0n) is 13.1. The number of amides is 2. The Labute approximate surface area is 164 Å². The minimum atomic E-state index is -3.47. The zero-order valence-corrected chi connectivity index (χ0v) is 16.2. The van der Waals surface area contributed by atoms with Crippen LogP contribution in [0, 0.1) is 0 Å². The predicted octanol–water partition coefficient (Wildman–Crippen LogP) is 0.150. The van der Waals surface area contributed by atoms with Gasteiger partial charge in [0.2, 0.25) is 11.8 Å². The molecule has 0 rings (SSSR count). The summed E-state index contributed by atoms with van der Waals surface area (Å²) in [5.74, 6) is -5.09. The number of carbonyl (C=O) groups excluding carboxylic acids is 2. The van der Waals surface area contributed by atoms with E-state index in [-0.39, 0.29) is 24.6 Å². The Morgan fingerprint density at radius 3 is 2.31 bits per heavy atom. The molecule has 9 nitrogen and oxygen atoms in total. The van der Waals surface area contributed by atoms with E-state index >= 15 is 0 Å². The molecule has 150 valence electrons. The van der Waals surface area contributed by atoms with Crippen molar-refractivity contribution >= 4 is 63.0 Å². The average molecular weight is 485 g/mol. The molecular weight excluding hydrogens is 468 g/mol. The standard InChI is InChI=1S/C12H17BrClF2N3O6S/c13-11(14)12(15,16)26-4-6(9(23)18-3-8(21)22)19-7(20)2-1-5(17)10(24)25/h5-6,11H,1-4,17H2,(H,18,23)(H,19,20)(H,21,22)(H,24,25)/t5-,6-,11?/m0/s1. The van der Waals surface area contributed by atoms with E-state index in [2.05, 4.69) is 21.2 Å². The number of hydrogen-bond donors (Lipinski definition) is 5. The first kappa shape index (κ1) is 24.8. The lowest BCUT2D eigenvalue weighted by Crippen LogP contribution is -2.50. The third-order valence-corrected chi connectivity index (χ3v) is 5.16. The van der Waals surface area contributed by atoms with Crippen molar-refractivity contribution in [2.45, 2.75) is 34.5 Å². The summed E-state index contributed by atoms with van der Waals surface area (Å²) in [7, 11) is 0. The molecule has 0 aliphatic carbocycles. The van der Waals surface area contributed by atoms with Crippen LogP contribution in [0.3, 0.4) is 0 Å². The van der Waals surface area contributed by atoms with Crippen LogP contribution in [0.15, 0.2) is 0 Å². The summed E-state index contributed by atoms with van der Waals surface area (Å²) < 4.78 is 25.3. The maximum Gasteiger partial charge on any atom is 0.322 e. The molecule has 0 spiro atoms. The predicted molar refractivity (Wildman–Crippen MR) is 93.4 cm³/mol. The summed E-state index contributed by atoms with van der Waals surface area (Å²) >= 11 is 7.74. The lowest BCUT2D eigenvalue weighted by molar-refractivity contribution is -0.139. The van der Waals surface area contributed by atoms with E-state index in [4.69, 9.17) is 27.5 Å². The van der Waals surface area contributed by atoms with E-state index < -0.39 is 57.7 Å². The van der Waals surface area contributed by atoms with Crippen LogP contribution < -0.4 is 16.4 Å². The van der Waals surface area contributed by atoms with Crippen LogP contribution in [-0.4, -0.2) is 67.9 Å². The Morgan fingerprint density at radius 1 is 1.27 bits per heavy atom. The van der Waals surface area contributed by atoms with Crippen LogP contribution in [-0.2, 0) is 19.2 Å². The highest BCUT2D eigenvalue weighted by Gasteiger charge is 2.39. The highest BCUT2D eigenvalue weighted by Crippen LogP contribution is 2.38. The van der Waals surface area contributed by atoms with Crippen LogP contribution in [0.4, 0.5) is 8.78 Å². The van der Waals surface area contributed by atoms with Crippen LogP contribution in [0.1, 0.15) is 12.8 Å². The topological polar surface area (TPSA) is 159 Å². The maximum atomic E-state index is 13.5. The van der Waals surface area contributed by atoms with Crippen molar-refractivity contribution in [1.29, 1.82) is 0 Å². The Hall–Kier alpha value is -1.18. The van der Waals surface area contributed by atoms with Gasteiger partial charge < -0.3 is 26.6 Å². The van der Waals surface area contributed by atoms with Gasteiger partial charge in [-0.3, -0.25) is 19.2 Å². The third kappa shape index (κ3) is 10.1. The highest BCUT2D eigenvalue weighted by molar-refractivity contribution is 9.10. The minimum absolute atomic E-state index is 0.0252. The van der Waals surface area contributed by atoms with E-state index in [0.717, 1.165) is 0 Å². The summed E-state index contributed by atoms with van der Waals surface area (Å²) in [5, 5.41) is 17.8. The van der Waals surface area contributed by atoms with Gasteiger partial charge in [-0.05, 0) is 6.42 Å². The molecule has 0 aliphatic rings. The SMILES string of the molecule is N[C@@H](CCC(=O)N[C@@H](CSC(F)(F)C(Cl)Br)C(=O)NCC(=O)O)C(=O)O.